The number of nitrogens with zero attached hydrogens (tertiary/aromatic N) is 5. The number of aromatic nitrogens is 4. The molecular weight excluding hydrogens is 306 g/mol. The van der Waals surface area contributed by atoms with Gasteiger partial charge in [-0.05, 0) is 73.3 Å². The summed E-state index contributed by atoms with van der Waals surface area (Å²) >= 11 is 0. The third kappa shape index (κ3) is 4.17. The molecule has 1 N–H and O–H groups in total. The van der Waals surface area contributed by atoms with Crippen molar-refractivity contribution < 1.29 is 9.90 Å². The molecule has 0 spiro atoms. The Hall–Kier alpha value is -2.28. The Morgan fingerprint density at radius 3 is 3.00 bits per heavy atom. The monoisotopic (exact) mass is 329 g/mol. The first-order valence-electron chi connectivity index (χ1n) is 8.39. The van der Waals surface area contributed by atoms with E-state index in [-0.39, 0.29) is 0 Å². The maximum atomic E-state index is 11.1. The van der Waals surface area contributed by atoms with Gasteiger partial charge in [-0.1, -0.05) is 12.1 Å². The summed E-state index contributed by atoms with van der Waals surface area (Å²) < 4.78 is 1.84. The van der Waals surface area contributed by atoms with Gasteiger partial charge in [0.15, 0.2) is 0 Å². The van der Waals surface area contributed by atoms with Gasteiger partial charge >= 0.3 is 5.97 Å². The van der Waals surface area contributed by atoms with Crippen LogP contribution in [0.1, 0.15) is 34.6 Å². The highest BCUT2D eigenvalue weighted by atomic mass is 16.4. The van der Waals surface area contributed by atoms with Gasteiger partial charge in [0, 0.05) is 13.1 Å². The van der Waals surface area contributed by atoms with E-state index in [0.29, 0.717) is 11.5 Å². The molecule has 0 radical (unpaired) electrons. The summed E-state index contributed by atoms with van der Waals surface area (Å²) in [6.07, 6.45) is 3.15. The Bertz CT molecular complexity index is 700. The Labute approximate surface area is 141 Å². The van der Waals surface area contributed by atoms with E-state index in [9.17, 15) is 4.79 Å². The highest BCUT2D eigenvalue weighted by molar-refractivity contribution is 5.87. The van der Waals surface area contributed by atoms with E-state index in [1.165, 1.54) is 6.42 Å². The molecule has 1 aromatic heterocycles. The van der Waals surface area contributed by atoms with Gasteiger partial charge < -0.3 is 10.0 Å². The second-order valence-corrected chi connectivity index (χ2v) is 6.47. The molecule has 0 saturated carbocycles. The van der Waals surface area contributed by atoms with Crippen molar-refractivity contribution in [3.05, 3.63) is 41.2 Å². The van der Waals surface area contributed by atoms with Crippen LogP contribution in [-0.4, -0.2) is 55.8 Å². The third-order valence-corrected chi connectivity index (χ3v) is 4.62. The van der Waals surface area contributed by atoms with Gasteiger partial charge in [0.05, 0.1) is 5.56 Å². The van der Waals surface area contributed by atoms with Crippen molar-refractivity contribution in [3.63, 3.8) is 0 Å². The van der Waals surface area contributed by atoms with Crippen molar-refractivity contribution in [2.45, 2.75) is 32.7 Å². The summed E-state index contributed by atoms with van der Waals surface area (Å²) in [5.74, 6) is 0.597. The molecule has 1 aromatic carbocycles. The molecule has 0 amide bonds. The first-order chi connectivity index (χ1) is 11.6. The van der Waals surface area contributed by atoms with Gasteiger partial charge in [0.2, 0.25) is 0 Å². The number of rotatable bonds is 7. The summed E-state index contributed by atoms with van der Waals surface area (Å²) in [4.78, 5) is 13.5. The zero-order valence-corrected chi connectivity index (χ0v) is 13.9. The van der Waals surface area contributed by atoms with Gasteiger partial charge in [0.25, 0.3) is 0 Å². The quantitative estimate of drug-likeness (QED) is 0.831. The van der Waals surface area contributed by atoms with Gasteiger partial charge in [-0.15, -0.1) is 5.10 Å². The molecular formula is C17H23N5O2. The second-order valence-electron chi connectivity index (χ2n) is 6.47. The fourth-order valence-electron chi connectivity index (χ4n) is 3.35. The van der Waals surface area contributed by atoms with Crippen LogP contribution < -0.4 is 0 Å². The van der Waals surface area contributed by atoms with Crippen LogP contribution in [0, 0.1) is 12.8 Å². The first-order valence-corrected chi connectivity index (χ1v) is 8.39. The lowest BCUT2D eigenvalue weighted by molar-refractivity contribution is 0.0696. The molecule has 128 valence electrons. The molecule has 2 aromatic rings. The van der Waals surface area contributed by atoms with Crippen LogP contribution in [-0.2, 0) is 13.0 Å². The normalized spacial score (nSPS) is 18.1. The van der Waals surface area contributed by atoms with Crippen LogP contribution in [0.25, 0.3) is 0 Å². The van der Waals surface area contributed by atoms with Crippen LogP contribution in [0.4, 0.5) is 0 Å². The molecule has 1 fully saturated rings. The molecule has 1 aliphatic rings. The van der Waals surface area contributed by atoms with Gasteiger partial charge in [0.1, 0.15) is 5.82 Å². The average Bonchev–Trinajstić information content (AvgIpc) is 3.17. The second kappa shape index (κ2) is 7.53. The van der Waals surface area contributed by atoms with Crippen LogP contribution in [0.15, 0.2) is 24.3 Å². The maximum Gasteiger partial charge on any atom is 0.335 e. The molecule has 2 heterocycles. The average molecular weight is 329 g/mol. The largest absolute Gasteiger partial charge is 0.478 e. The highest BCUT2D eigenvalue weighted by Crippen LogP contribution is 2.21. The standard InChI is InChI=1S/C17H23N5O2/c1-13-18-19-20-22(13)8-3-7-21-9-6-15(12-21)10-14-4-2-5-16(11-14)17(23)24/h2,4-5,11,15H,3,6-10,12H2,1H3,(H,23,24). The van der Waals surface area contributed by atoms with Gasteiger partial charge in [-0.3, -0.25) is 0 Å². The highest BCUT2D eigenvalue weighted by Gasteiger charge is 2.22. The maximum absolute atomic E-state index is 11.1. The van der Waals surface area contributed by atoms with E-state index in [1.54, 1.807) is 12.1 Å². The lowest BCUT2D eigenvalue weighted by atomic mass is 9.97. The number of aryl methyl sites for hydroxylation is 2. The van der Waals surface area contributed by atoms with E-state index in [1.807, 2.05) is 23.7 Å². The summed E-state index contributed by atoms with van der Waals surface area (Å²) in [6.45, 7) is 5.99. The Morgan fingerprint density at radius 2 is 2.25 bits per heavy atom. The minimum Gasteiger partial charge on any atom is -0.478 e. The van der Waals surface area contributed by atoms with Gasteiger partial charge in [-0.2, -0.15) is 0 Å². The topological polar surface area (TPSA) is 84.1 Å². The van der Waals surface area contributed by atoms with Crippen molar-refractivity contribution in [2.24, 2.45) is 5.92 Å². The zero-order valence-electron chi connectivity index (χ0n) is 13.9. The minimum atomic E-state index is -0.859. The van der Waals surface area contributed by atoms with Crippen LogP contribution in [0.5, 0.6) is 0 Å². The number of hydrogen-bond acceptors (Lipinski definition) is 5. The molecule has 1 aliphatic heterocycles. The zero-order chi connectivity index (χ0) is 16.9. The van der Waals surface area contributed by atoms with Crippen molar-refractivity contribution >= 4 is 5.97 Å². The fraction of sp³-hybridized carbons (Fsp3) is 0.529. The van der Waals surface area contributed by atoms with E-state index in [0.717, 1.165) is 50.4 Å². The van der Waals surface area contributed by atoms with Gasteiger partial charge in [-0.25, -0.2) is 9.48 Å². The third-order valence-electron chi connectivity index (χ3n) is 4.62. The summed E-state index contributed by atoms with van der Waals surface area (Å²) in [6, 6.07) is 7.30. The molecule has 0 aliphatic carbocycles. The molecule has 7 heteroatoms. The summed E-state index contributed by atoms with van der Waals surface area (Å²) in [5.41, 5.74) is 1.49. The number of carboxylic acids is 1. The molecule has 1 atom stereocenters. The van der Waals surface area contributed by atoms with E-state index in [2.05, 4.69) is 20.4 Å². The van der Waals surface area contributed by atoms with Crippen molar-refractivity contribution in [1.29, 1.82) is 0 Å². The molecule has 1 unspecified atom stereocenters. The number of carbonyl (C=O) groups is 1. The first kappa shape index (κ1) is 16.6. The number of hydrogen-bond donors (Lipinski definition) is 1. The Kier molecular flexibility index (Phi) is 5.20. The van der Waals surface area contributed by atoms with E-state index in [4.69, 9.17) is 5.11 Å². The number of likely N-dealkylation sites (tertiary alicyclic amines) is 1. The fourth-order valence-corrected chi connectivity index (χ4v) is 3.35. The summed E-state index contributed by atoms with van der Waals surface area (Å²) in [5, 5.41) is 20.6. The number of benzene rings is 1. The Balaban J connectivity index is 1.44. The van der Waals surface area contributed by atoms with Crippen molar-refractivity contribution in [2.75, 3.05) is 19.6 Å². The molecule has 0 bridgehead atoms. The lowest BCUT2D eigenvalue weighted by Gasteiger charge is -2.16. The van der Waals surface area contributed by atoms with Crippen LogP contribution >= 0.6 is 0 Å². The minimum absolute atomic E-state index is 0.374. The predicted molar refractivity (Wildman–Crippen MR) is 88.8 cm³/mol. The van der Waals surface area contributed by atoms with Crippen molar-refractivity contribution in [1.82, 2.24) is 25.1 Å². The summed E-state index contributed by atoms with van der Waals surface area (Å²) in [7, 11) is 0. The van der Waals surface area contributed by atoms with Crippen LogP contribution in [0.2, 0.25) is 0 Å². The number of tetrazole rings is 1. The Morgan fingerprint density at radius 1 is 1.38 bits per heavy atom. The smallest absolute Gasteiger partial charge is 0.335 e. The molecule has 24 heavy (non-hydrogen) atoms. The SMILES string of the molecule is Cc1nnnn1CCCN1CCC(Cc2cccc(C(=O)O)c2)C1. The predicted octanol–water partition coefficient (Wildman–Crippen LogP) is 1.63. The van der Waals surface area contributed by atoms with E-state index < -0.39 is 5.97 Å². The molecule has 3 rings (SSSR count). The number of aromatic carboxylic acids is 1. The molecule has 1 saturated heterocycles. The van der Waals surface area contributed by atoms with E-state index >= 15 is 0 Å². The molecule has 7 nitrogen and oxygen atoms in total. The lowest BCUT2D eigenvalue weighted by Crippen LogP contribution is -2.23. The number of carboxylic acid groups (broad SMARTS) is 1. The van der Waals surface area contributed by atoms with Crippen LogP contribution in [0.3, 0.4) is 0 Å². The van der Waals surface area contributed by atoms with Crippen molar-refractivity contribution in [3.8, 4) is 0 Å².